The third kappa shape index (κ3) is 5.12. The second-order valence-electron chi connectivity index (χ2n) is 16.1. The van der Waals surface area contributed by atoms with Crippen LogP contribution in [0.3, 0.4) is 0 Å². The number of nitrogens with zero attached hydrogens (tertiary/aromatic N) is 2. The number of rotatable bonds is 6. The lowest BCUT2D eigenvalue weighted by Gasteiger charge is -2.09. The molecular formula is C57H36N2O2. The number of hydrogen-bond acceptors (Lipinski definition) is 2. The number of aromatic nitrogens is 2. The highest BCUT2D eigenvalue weighted by molar-refractivity contribution is 6.13. The lowest BCUT2D eigenvalue weighted by atomic mass is 9.97. The van der Waals surface area contributed by atoms with Crippen molar-refractivity contribution < 1.29 is 8.83 Å². The van der Waals surface area contributed by atoms with Crippen LogP contribution in [0, 0.1) is 0 Å². The summed E-state index contributed by atoms with van der Waals surface area (Å²) in [6, 6.07) is 67.8. The first-order chi connectivity index (χ1) is 30.2. The van der Waals surface area contributed by atoms with Crippen LogP contribution in [0.1, 0.15) is 5.56 Å². The lowest BCUT2D eigenvalue weighted by molar-refractivity contribution is 0.668. The Bertz CT molecular complexity index is 3890. The number of fused-ring (bicyclic) bond motifs is 12. The Morgan fingerprint density at radius 1 is 0.344 bits per heavy atom. The van der Waals surface area contributed by atoms with Gasteiger partial charge in [-0.2, -0.15) is 0 Å². The van der Waals surface area contributed by atoms with E-state index in [9.17, 15) is 0 Å². The third-order valence-electron chi connectivity index (χ3n) is 12.6. The first-order valence-electron chi connectivity index (χ1n) is 20.8. The molecule has 4 heteroatoms. The summed E-state index contributed by atoms with van der Waals surface area (Å²) in [4.78, 5) is 0. The molecule has 61 heavy (non-hydrogen) atoms. The molecule has 286 valence electrons. The highest BCUT2D eigenvalue weighted by Crippen LogP contribution is 2.40. The van der Waals surface area contributed by atoms with E-state index in [-0.39, 0.29) is 0 Å². The summed E-state index contributed by atoms with van der Waals surface area (Å²) in [6.45, 7) is 3.96. The summed E-state index contributed by atoms with van der Waals surface area (Å²) in [5.41, 5.74) is 16.3. The fraction of sp³-hybridized carbons (Fsp3) is 0.0175. The standard InChI is InChI=1S/C57H36N2O2/c1-2-10-35-19-24-53-45(29-35)44-15-5-8-18-52(44)59(53)41-23-28-57-49(34-41)47-32-39(21-26-55(47)61-57)37-12-9-11-36(30-37)38-20-25-54-46(31-38)48-33-40(22-27-56(48)60-54)58-50-16-6-3-13-42(50)43-14-4-7-17-51(43)58/h2-9,11-34H,1,10H2. The minimum Gasteiger partial charge on any atom is -0.456 e. The molecule has 0 saturated carbocycles. The van der Waals surface area contributed by atoms with E-state index in [1.54, 1.807) is 0 Å². The Kier molecular flexibility index (Phi) is 7.19. The van der Waals surface area contributed by atoms with Gasteiger partial charge >= 0.3 is 0 Å². The molecule has 0 N–H and O–H groups in total. The summed E-state index contributed by atoms with van der Waals surface area (Å²) in [7, 11) is 0. The quantitative estimate of drug-likeness (QED) is 0.158. The van der Waals surface area contributed by atoms with Crippen molar-refractivity contribution >= 4 is 87.5 Å². The van der Waals surface area contributed by atoms with Gasteiger partial charge in [-0.1, -0.05) is 97.1 Å². The van der Waals surface area contributed by atoms with Crippen molar-refractivity contribution in [3.05, 3.63) is 206 Å². The van der Waals surface area contributed by atoms with E-state index >= 15 is 0 Å². The lowest BCUT2D eigenvalue weighted by Crippen LogP contribution is -1.93. The minimum atomic E-state index is 0.844. The highest BCUT2D eigenvalue weighted by atomic mass is 16.3. The SMILES string of the molecule is C=CCc1ccc2c(c1)c1ccccc1n2-c1ccc2oc3ccc(-c4cccc(-c5ccc6oc7ccc(-n8c9ccccc9c9ccccc98)cc7c6c5)c4)cc3c2c1. The summed E-state index contributed by atoms with van der Waals surface area (Å²) in [6.07, 6.45) is 2.81. The monoisotopic (exact) mass is 780 g/mol. The van der Waals surface area contributed by atoms with Gasteiger partial charge in [0.25, 0.3) is 0 Å². The first kappa shape index (κ1) is 33.8. The number of furan rings is 2. The number of benzene rings is 9. The van der Waals surface area contributed by atoms with Crippen LogP contribution in [0.4, 0.5) is 0 Å². The second kappa shape index (κ2) is 13.0. The van der Waals surface area contributed by atoms with Gasteiger partial charge in [0.1, 0.15) is 22.3 Å². The van der Waals surface area contributed by atoms with Crippen LogP contribution >= 0.6 is 0 Å². The third-order valence-corrected chi connectivity index (χ3v) is 12.6. The summed E-state index contributed by atoms with van der Waals surface area (Å²) in [5, 5.41) is 9.38. The molecule has 13 aromatic rings. The summed E-state index contributed by atoms with van der Waals surface area (Å²) < 4.78 is 17.6. The molecule has 0 bridgehead atoms. The van der Waals surface area contributed by atoms with Crippen molar-refractivity contribution in [2.75, 3.05) is 0 Å². The van der Waals surface area contributed by atoms with Crippen molar-refractivity contribution in [3.63, 3.8) is 0 Å². The molecule has 13 rings (SSSR count). The van der Waals surface area contributed by atoms with Crippen LogP contribution < -0.4 is 0 Å². The molecule has 4 aromatic heterocycles. The summed E-state index contributed by atoms with van der Waals surface area (Å²) >= 11 is 0. The van der Waals surface area contributed by atoms with E-state index in [2.05, 4.69) is 204 Å². The highest BCUT2D eigenvalue weighted by Gasteiger charge is 2.17. The van der Waals surface area contributed by atoms with Gasteiger partial charge in [0.15, 0.2) is 0 Å². The zero-order chi connectivity index (χ0) is 40.2. The Labute approximate surface area is 350 Å². The average Bonchev–Trinajstić information content (AvgIpc) is 4.06. The van der Waals surface area contributed by atoms with E-state index in [1.165, 1.54) is 49.2 Å². The van der Waals surface area contributed by atoms with Crippen LogP contribution in [-0.4, -0.2) is 9.13 Å². The van der Waals surface area contributed by atoms with E-state index in [4.69, 9.17) is 8.83 Å². The van der Waals surface area contributed by atoms with Gasteiger partial charge in [-0.3, -0.25) is 0 Å². The van der Waals surface area contributed by atoms with Crippen LogP contribution in [0.2, 0.25) is 0 Å². The van der Waals surface area contributed by atoms with Crippen molar-refractivity contribution in [2.45, 2.75) is 6.42 Å². The van der Waals surface area contributed by atoms with E-state index < -0.39 is 0 Å². The molecule has 0 aliphatic heterocycles. The molecule has 0 unspecified atom stereocenters. The molecule has 0 radical (unpaired) electrons. The molecule has 4 nitrogen and oxygen atoms in total. The van der Waals surface area contributed by atoms with E-state index in [0.29, 0.717) is 0 Å². The van der Waals surface area contributed by atoms with Crippen LogP contribution in [-0.2, 0) is 6.42 Å². The van der Waals surface area contributed by atoms with Gasteiger partial charge in [0, 0.05) is 54.5 Å². The Morgan fingerprint density at radius 2 is 0.770 bits per heavy atom. The largest absolute Gasteiger partial charge is 0.456 e. The molecule has 0 aliphatic rings. The fourth-order valence-electron chi connectivity index (χ4n) is 9.84. The predicted molar refractivity (Wildman–Crippen MR) is 254 cm³/mol. The second-order valence-corrected chi connectivity index (χ2v) is 16.1. The molecule has 0 saturated heterocycles. The molecule has 4 heterocycles. The number of para-hydroxylation sites is 3. The Morgan fingerprint density at radius 3 is 1.28 bits per heavy atom. The molecule has 0 fully saturated rings. The Balaban J connectivity index is 0.899. The van der Waals surface area contributed by atoms with Gasteiger partial charge in [-0.15, -0.1) is 6.58 Å². The fourth-order valence-corrected chi connectivity index (χ4v) is 9.84. The maximum Gasteiger partial charge on any atom is 0.135 e. The maximum absolute atomic E-state index is 6.44. The van der Waals surface area contributed by atoms with Crippen LogP contribution in [0.15, 0.2) is 210 Å². The smallest absolute Gasteiger partial charge is 0.135 e. The number of hydrogen-bond donors (Lipinski definition) is 0. The van der Waals surface area contributed by atoms with Crippen molar-refractivity contribution in [3.8, 4) is 33.6 Å². The predicted octanol–water partition coefficient (Wildman–Crippen LogP) is 15.7. The van der Waals surface area contributed by atoms with E-state index in [1.807, 2.05) is 6.08 Å². The van der Waals surface area contributed by atoms with Gasteiger partial charge in [0.2, 0.25) is 0 Å². The minimum absolute atomic E-state index is 0.844. The first-order valence-corrected chi connectivity index (χ1v) is 20.8. The van der Waals surface area contributed by atoms with Crippen LogP contribution in [0.25, 0.3) is 121 Å². The Hall–Kier alpha value is -8.08. The normalized spacial score (nSPS) is 12.1. The molecule has 9 aromatic carbocycles. The van der Waals surface area contributed by atoms with Gasteiger partial charge in [-0.25, -0.2) is 0 Å². The van der Waals surface area contributed by atoms with E-state index in [0.717, 1.165) is 83.9 Å². The zero-order valence-corrected chi connectivity index (χ0v) is 33.1. The maximum atomic E-state index is 6.44. The zero-order valence-electron chi connectivity index (χ0n) is 33.1. The molecular weight excluding hydrogens is 745 g/mol. The summed E-state index contributed by atoms with van der Waals surface area (Å²) in [5.74, 6) is 0. The van der Waals surface area contributed by atoms with Gasteiger partial charge in [0.05, 0.1) is 22.1 Å². The molecule has 0 amide bonds. The van der Waals surface area contributed by atoms with Crippen molar-refractivity contribution in [2.24, 2.45) is 0 Å². The molecule has 0 atom stereocenters. The topological polar surface area (TPSA) is 36.1 Å². The van der Waals surface area contributed by atoms with Crippen molar-refractivity contribution in [1.82, 2.24) is 9.13 Å². The van der Waals surface area contributed by atoms with Crippen LogP contribution in [0.5, 0.6) is 0 Å². The molecule has 0 spiro atoms. The average molecular weight is 781 g/mol. The van der Waals surface area contributed by atoms with Gasteiger partial charge < -0.3 is 18.0 Å². The molecule has 0 aliphatic carbocycles. The van der Waals surface area contributed by atoms with Crippen molar-refractivity contribution in [1.29, 1.82) is 0 Å². The van der Waals surface area contributed by atoms with Gasteiger partial charge in [-0.05, 0) is 131 Å². The number of allylic oxidation sites excluding steroid dienone is 1.